The van der Waals surface area contributed by atoms with E-state index >= 15 is 0 Å². The van der Waals surface area contributed by atoms with Crippen LogP contribution < -0.4 is 15.0 Å². The van der Waals surface area contributed by atoms with E-state index in [2.05, 4.69) is 4.98 Å². The minimum Gasteiger partial charge on any atom is -0.486 e. The van der Waals surface area contributed by atoms with Crippen molar-refractivity contribution in [2.75, 3.05) is 13.2 Å². The summed E-state index contributed by atoms with van der Waals surface area (Å²) in [6, 6.07) is 6.23. The summed E-state index contributed by atoms with van der Waals surface area (Å²) < 4.78 is 17.5. The highest BCUT2D eigenvalue weighted by molar-refractivity contribution is 7.15. The van der Waals surface area contributed by atoms with Crippen LogP contribution in [0.1, 0.15) is 16.1 Å². The van der Waals surface area contributed by atoms with E-state index < -0.39 is 5.97 Å². The van der Waals surface area contributed by atoms with Crippen LogP contribution in [0.4, 0.5) is 0 Å². The lowest BCUT2D eigenvalue weighted by Crippen LogP contribution is -2.16. The summed E-state index contributed by atoms with van der Waals surface area (Å²) in [7, 11) is 0. The number of benzene rings is 1. The van der Waals surface area contributed by atoms with Crippen molar-refractivity contribution in [1.29, 1.82) is 0 Å². The van der Waals surface area contributed by atoms with Gasteiger partial charge in [-0.05, 0) is 18.2 Å². The second-order valence-corrected chi connectivity index (χ2v) is 5.95. The lowest BCUT2D eigenvalue weighted by atomic mass is 10.2. The van der Waals surface area contributed by atoms with Crippen molar-refractivity contribution in [3.63, 3.8) is 0 Å². The molecule has 3 heterocycles. The molecule has 1 aliphatic rings. The Morgan fingerprint density at radius 1 is 1.25 bits per heavy atom. The van der Waals surface area contributed by atoms with Gasteiger partial charge in [0.1, 0.15) is 19.8 Å². The molecule has 0 saturated carbocycles. The Labute approximate surface area is 140 Å². The molecule has 0 spiro atoms. The van der Waals surface area contributed by atoms with Crippen LogP contribution in [0.25, 0.3) is 4.96 Å². The molecule has 122 valence electrons. The number of aromatic nitrogens is 2. The van der Waals surface area contributed by atoms with Crippen molar-refractivity contribution in [3.05, 3.63) is 57.5 Å². The maximum Gasteiger partial charge on any atom is 0.338 e. The standard InChI is InChI=1S/C16H12N2O5S/c19-14-8-11(17-16-18(14)3-6-24-16)9-23-15(20)10-1-2-12-13(7-10)22-5-4-21-12/h1-3,6-8H,4-5,9H2. The van der Waals surface area contributed by atoms with Gasteiger partial charge in [-0.15, -0.1) is 11.3 Å². The first kappa shape index (κ1) is 14.7. The van der Waals surface area contributed by atoms with E-state index in [1.807, 2.05) is 0 Å². The first-order valence-electron chi connectivity index (χ1n) is 7.23. The quantitative estimate of drug-likeness (QED) is 0.675. The highest BCUT2D eigenvalue weighted by atomic mass is 32.1. The Kier molecular flexibility index (Phi) is 3.66. The van der Waals surface area contributed by atoms with Crippen molar-refractivity contribution >= 4 is 22.3 Å². The average Bonchev–Trinajstić information content (AvgIpc) is 3.08. The maximum atomic E-state index is 12.2. The normalized spacial score (nSPS) is 13.0. The second kappa shape index (κ2) is 5.97. The van der Waals surface area contributed by atoms with Crippen LogP contribution in [-0.2, 0) is 11.3 Å². The van der Waals surface area contributed by atoms with Gasteiger partial charge in [0.2, 0.25) is 0 Å². The number of hydrogen-bond acceptors (Lipinski definition) is 7. The fraction of sp³-hybridized carbons (Fsp3) is 0.188. The summed E-state index contributed by atoms with van der Waals surface area (Å²) in [6.07, 6.45) is 1.65. The summed E-state index contributed by atoms with van der Waals surface area (Å²) in [5.74, 6) is 0.614. The van der Waals surface area contributed by atoms with Crippen LogP contribution in [-0.4, -0.2) is 28.6 Å². The van der Waals surface area contributed by atoms with E-state index in [1.54, 1.807) is 29.8 Å². The van der Waals surface area contributed by atoms with Crippen molar-refractivity contribution in [2.24, 2.45) is 0 Å². The average molecular weight is 344 g/mol. The molecule has 0 amide bonds. The van der Waals surface area contributed by atoms with Gasteiger partial charge in [0, 0.05) is 17.6 Å². The Morgan fingerprint density at radius 3 is 2.96 bits per heavy atom. The molecule has 24 heavy (non-hydrogen) atoms. The lowest BCUT2D eigenvalue weighted by molar-refractivity contribution is 0.0466. The van der Waals surface area contributed by atoms with E-state index in [0.29, 0.717) is 40.9 Å². The zero-order valence-electron chi connectivity index (χ0n) is 12.4. The minimum absolute atomic E-state index is 0.0725. The van der Waals surface area contributed by atoms with E-state index in [0.717, 1.165) is 0 Å². The number of carbonyl (C=O) groups excluding carboxylic acids is 1. The highest BCUT2D eigenvalue weighted by Gasteiger charge is 2.16. The molecule has 0 fully saturated rings. The number of rotatable bonds is 3. The molecule has 8 heteroatoms. The van der Waals surface area contributed by atoms with Gasteiger partial charge in [0.15, 0.2) is 16.5 Å². The van der Waals surface area contributed by atoms with Gasteiger partial charge in [-0.25, -0.2) is 9.78 Å². The van der Waals surface area contributed by atoms with E-state index in [-0.39, 0.29) is 12.2 Å². The molecule has 0 atom stereocenters. The van der Waals surface area contributed by atoms with Crippen LogP contribution in [0, 0.1) is 0 Å². The van der Waals surface area contributed by atoms with Crippen molar-refractivity contribution in [3.8, 4) is 11.5 Å². The molecule has 2 aromatic heterocycles. The van der Waals surface area contributed by atoms with Crippen molar-refractivity contribution in [2.45, 2.75) is 6.61 Å². The monoisotopic (exact) mass is 344 g/mol. The van der Waals surface area contributed by atoms with Crippen molar-refractivity contribution < 1.29 is 19.0 Å². The Bertz CT molecular complexity index is 978. The van der Waals surface area contributed by atoms with Crippen LogP contribution in [0.3, 0.4) is 0 Å². The SMILES string of the molecule is O=C(OCc1cc(=O)n2ccsc2n1)c1ccc2c(c1)OCCO2. The fourth-order valence-corrected chi connectivity index (χ4v) is 3.09. The summed E-state index contributed by atoms with van der Waals surface area (Å²) in [5, 5.41) is 1.77. The van der Waals surface area contributed by atoms with Gasteiger partial charge < -0.3 is 14.2 Å². The van der Waals surface area contributed by atoms with Gasteiger partial charge in [-0.3, -0.25) is 9.20 Å². The van der Waals surface area contributed by atoms with Gasteiger partial charge in [0.25, 0.3) is 5.56 Å². The first-order chi connectivity index (χ1) is 11.7. The third kappa shape index (κ3) is 2.71. The molecule has 0 N–H and O–H groups in total. The molecule has 0 bridgehead atoms. The molecule has 0 aliphatic carbocycles. The van der Waals surface area contributed by atoms with Crippen LogP contribution in [0.2, 0.25) is 0 Å². The number of nitrogens with zero attached hydrogens (tertiary/aromatic N) is 2. The number of ether oxygens (including phenoxy) is 3. The van der Waals surface area contributed by atoms with Crippen LogP contribution >= 0.6 is 11.3 Å². The smallest absolute Gasteiger partial charge is 0.338 e. The Morgan fingerprint density at radius 2 is 2.08 bits per heavy atom. The van der Waals surface area contributed by atoms with Gasteiger partial charge >= 0.3 is 5.97 Å². The number of hydrogen-bond donors (Lipinski definition) is 0. The third-order valence-corrected chi connectivity index (χ3v) is 4.24. The molecule has 3 aromatic rings. The Balaban J connectivity index is 1.50. The number of fused-ring (bicyclic) bond motifs is 2. The molecule has 0 saturated heterocycles. The van der Waals surface area contributed by atoms with Crippen LogP contribution in [0.5, 0.6) is 11.5 Å². The minimum atomic E-state index is -0.514. The van der Waals surface area contributed by atoms with Crippen LogP contribution in [0.15, 0.2) is 40.6 Å². The van der Waals surface area contributed by atoms with Gasteiger partial charge in [0.05, 0.1) is 11.3 Å². The van der Waals surface area contributed by atoms with E-state index in [1.165, 1.54) is 21.8 Å². The molecule has 0 unspecified atom stereocenters. The highest BCUT2D eigenvalue weighted by Crippen LogP contribution is 2.30. The zero-order chi connectivity index (χ0) is 16.5. The Hall–Kier alpha value is -2.87. The first-order valence-corrected chi connectivity index (χ1v) is 8.11. The maximum absolute atomic E-state index is 12.2. The molecule has 7 nitrogen and oxygen atoms in total. The lowest BCUT2D eigenvalue weighted by Gasteiger charge is -2.18. The zero-order valence-corrected chi connectivity index (χ0v) is 13.2. The van der Waals surface area contributed by atoms with Crippen molar-refractivity contribution in [1.82, 2.24) is 9.38 Å². The van der Waals surface area contributed by atoms with Gasteiger partial charge in [-0.1, -0.05) is 0 Å². The third-order valence-electron chi connectivity index (χ3n) is 3.49. The predicted octanol–water partition coefficient (Wildman–Crippen LogP) is 1.88. The molecule has 1 aliphatic heterocycles. The molecule has 0 radical (unpaired) electrons. The molecule has 1 aromatic carbocycles. The molecular weight excluding hydrogens is 332 g/mol. The number of carbonyl (C=O) groups is 1. The molecule has 4 rings (SSSR count). The largest absolute Gasteiger partial charge is 0.486 e. The van der Waals surface area contributed by atoms with Gasteiger partial charge in [-0.2, -0.15) is 0 Å². The summed E-state index contributed by atoms with van der Waals surface area (Å²) in [6.45, 7) is 0.861. The molecular formula is C16H12N2O5S. The number of esters is 1. The predicted molar refractivity (Wildman–Crippen MR) is 85.9 cm³/mol. The summed E-state index contributed by atoms with van der Waals surface area (Å²) >= 11 is 1.34. The summed E-state index contributed by atoms with van der Waals surface area (Å²) in [4.78, 5) is 28.9. The van der Waals surface area contributed by atoms with E-state index in [9.17, 15) is 9.59 Å². The summed E-state index contributed by atoms with van der Waals surface area (Å²) in [5.41, 5.74) is 0.563. The topological polar surface area (TPSA) is 79.1 Å². The fourth-order valence-electron chi connectivity index (χ4n) is 2.35. The second-order valence-electron chi connectivity index (χ2n) is 5.08. The van der Waals surface area contributed by atoms with E-state index in [4.69, 9.17) is 14.2 Å². The number of thiazole rings is 1.